The Kier molecular flexibility index (Phi) is 8.97. The Morgan fingerprint density at radius 2 is 1.95 bits per heavy atom. The maximum absolute atomic E-state index is 10.0. The van der Waals surface area contributed by atoms with Crippen LogP contribution in [0.25, 0.3) is 11.2 Å². The van der Waals surface area contributed by atoms with Gasteiger partial charge in [0, 0.05) is 0 Å². The van der Waals surface area contributed by atoms with Gasteiger partial charge in [0.1, 0.15) is 11.8 Å². The molecule has 0 saturated carbocycles. The van der Waals surface area contributed by atoms with Crippen LogP contribution in [0.4, 0.5) is 5.82 Å². The van der Waals surface area contributed by atoms with E-state index in [1.54, 1.807) is 13.3 Å². The number of imidazole rings is 1. The molecule has 7 heteroatoms. The van der Waals surface area contributed by atoms with Gasteiger partial charge in [-0.2, -0.15) is 0 Å². The molecule has 2 rings (SSSR count). The number of anilines is 1. The standard InChI is InChI=1S/C14H23N5O.CH4.ClH/c1-3-4-5-6-7-11(10(2)20)19-9-18-12-13(15)16-8-17-14(12)19;;/h8-11,20H,3-7H2,1-2H3,(H2,15,16,17);1H4;1H/t10-,11+;;/m1../s1. The number of halogens is 1. The summed E-state index contributed by atoms with van der Waals surface area (Å²) in [5, 5.41) is 10.0. The summed E-state index contributed by atoms with van der Waals surface area (Å²) in [5.41, 5.74) is 7.09. The average molecular weight is 330 g/mol. The van der Waals surface area contributed by atoms with Crippen LogP contribution in [0, 0.1) is 0 Å². The number of unbranched alkanes of at least 4 members (excludes halogenated alkanes) is 3. The van der Waals surface area contributed by atoms with Crippen LogP contribution < -0.4 is 5.73 Å². The minimum atomic E-state index is -0.454. The summed E-state index contributed by atoms with van der Waals surface area (Å²) in [4.78, 5) is 12.5. The number of hydrogen-bond acceptors (Lipinski definition) is 5. The Morgan fingerprint density at radius 3 is 2.59 bits per heavy atom. The van der Waals surface area contributed by atoms with Gasteiger partial charge in [-0.1, -0.05) is 40.0 Å². The Hall–Kier alpha value is -1.40. The zero-order chi connectivity index (χ0) is 14.5. The van der Waals surface area contributed by atoms with Gasteiger partial charge < -0.3 is 15.4 Å². The van der Waals surface area contributed by atoms with E-state index in [1.807, 2.05) is 4.57 Å². The molecule has 0 fully saturated rings. The maximum Gasteiger partial charge on any atom is 0.165 e. The first-order chi connectivity index (χ1) is 9.65. The highest BCUT2D eigenvalue weighted by Gasteiger charge is 2.20. The maximum atomic E-state index is 10.0. The normalized spacial score (nSPS) is 13.2. The number of rotatable bonds is 7. The summed E-state index contributed by atoms with van der Waals surface area (Å²) in [6, 6.07) is -0.0221. The van der Waals surface area contributed by atoms with E-state index in [9.17, 15) is 5.11 Å². The van der Waals surface area contributed by atoms with Crippen molar-refractivity contribution in [3.05, 3.63) is 12.7 Å². The van der Waals surface area contributed by atoms with Crippen molar-refractivity contribution in [2.45, 2.75) is 65.5 Å². The van der Waals surface area contributed by atoms with E-state index in [4.69, 9.17) is 5.73 Å². The Morgan fingerprint density at radius 1 is 1.23 bits per heavy atom. The molecule has 0 aromatic carbocycles. The van der Waals surface area contributed by atoms with Crippen molar-refractivity contribution in [2.24, 2.45) is 0 Å². The molecule has 0 aliphatic rings. The molecule has 0 radical (unpaired) electrons. The van der Waals surface area contributed by atoms with Crippen LogP contribution in [0.1, 0.15) is 59.4 Å². The lowest BCUT2D eigenvalue weighted by Crippen LogP contribution is -2.21. The fourth-order valence-electron chi connectivity index (χ4n) is 2.51. The Balaban J connectivity index is 0.00000220. The fraction of sp³-hybridized carbons (Fsp3) is 0.667. The van der Waals surface area contributed by atoms with Crippen molar-refractivity contribution in [1.82, 2.24) is 19.5 Å². The monoisotopic (exact) mass is 329 g/mol. The van der Waals surface area contributed by atoms with Crippen LogP contribution in [0.15, 0.2) is 12.7 Å². The topological polar surface area (TPSA) is 89.8 Å². The largest absolute Gasteiger partial charge is 0.391 e. The molecule has 0 unspecified atom stereocenters. The summed E-state index contributed by atoms with van der Waals surface area (Å²) in [5.74, 6) is 0.379. The smallest absolute Gasteiger partial charge is 0.165 e. The van der Waals surface area contributed by atoms with Gasteiger partial charge in [-0.25, -0.2) is 15.0 Å². The van der Waals surface area contributed by atoms with Crippen molar-refractivity contribution in [2.75, 3.05) is 5.73 Å². The number of fused-ring (bicyclic) bond motifs is 1. The molecule has 0 amide bonds. The van der Waals surface area contributed by atoms with E-state index in [0.29, 0.717) is 17.0 Å². The number of aromatic nitrogens is 4. The molecule has 2 atom stereocenters. The second-order valence-electron chi connectivity index (χ2n) is 5.24. The number of nitrogens with two attached hydrogens (primary N) is 1. The highest BCUT2D eigenvalue weighted by atomic mass is 35.5. The fourth-order valence-corrected chi connectivity index (χ4v) is 2.51. The van der Waals surface area contributed by atoms with Crippen LogP contribution >= 0.6 is 12.4 Å². The molecule has 0 spiro atoms. The first kappa shape index (κ1) is 20.6. The van der Waals surface area contributed by atoms with Gasteiger partial charge >= 0.3 is 0 Å². The summed E-state index contributed by atoms with van der Waals surface area (Å²) in [6.45, 7) is 4.00. The minimum absolute atomic E-state index is 0. The Labute approximate surface area is 138 Å². The predicted octanol–water partition coefficient (Wildman–Crippen LogP) is 3.36. The van der Waals surface area contributed by atoms with E-state index in [2.05, 4.69) is 21.9 Å². The Bertz CT molecular complexity index is 558. The third-order valence-electron chi connectivity index (χ3n) is 3.65. The van der Waals surface area contributed by atoms with Crippen LogP contribution in [0.3, 0.4) is 0 Å². The molecule has 6 nitrogen and oxygen atoms in total. The van der Waals surface area contributed by atoms with Gasteiger partial charge in [-0.05, 0) is 13.3 Å². The summed E-state index contributed by atoms with van der Waals surface area (Å²) in [7, 11) is 0. The van der Waals surface area contributed by atoms with E-state index in [1.165, 1.54) is 25.6 Å². The molecule has 126 valence electrons. The van der Waals surface area contributed by atoms with Crippen LogP contribution in [-0.2, 0) is 0 Å². The van der Waals surface area contributed by atoms with Gasteiger partial charge in [-0.3, -0.25) is 0 Å². The van der Waals surface area contributed by atoms with Crippen molar-refractivity contribution < 1.29 is 5.11 Å². The highest BCUT2D eigenvalue weighted by molar-refractivity contribution is 5.85. The molecule has 2 aromatic heterocycles. The lowest BCUT2D eigenvalue weighted by molar-refractivity contribution is 0.124. The number of aliphatic hydroxyl groups excluding tert-OH is 1. The van der Waals surface area contributed by atoms with Gasteiger partial charge in [0.15, 0.2) is 11.5 Å². The van der Waals surface area contributed by atoms with Crippen molar-refractivity contribution in [3.63, 3.8) is 0 Å². The van der Waals surface area contributed by atoms with Gasteiger partial charge in [0.2, 0.25) is 0 Å². The molecule has 2 heterocycles. The first-order valence-corrected chi connectivity index (χ1v) is 7.26. The lowest BCUT2D eigenvalue weighted by Gasteiger charge is -2.21. The SMILES string of the molecule is C.CCCCCC[C@@H]([C@@H](C)O)n1cnc2c(N)ncnc21.Cl. The van der Waals surface area contributed by atoms with Crippen molar-refractivity contribution in [1.29, 1.82) is 0 Å². The molecule has 3 N–H and O–H groups in total. The van der Waals surface area contributed by atoms with Crippen molar-refractivity contribution in [3.8, 4) is 0 Å². The second kappa shape index (κ2) is 9.58. The predicted molar refractivity (Wildman–Crippen MR) is 93.2 cm³/mol. The van der Waals surface area contributed by atoms with E-state index >= 15 is 0 Å². The van der Waals surface area contributed by atoms with Crippen molar-refractivity contribution >= 4 is 29.4 Å². The van der Waals surface area contributed by atoms with E-state index < -0.39 is 6.10 Å². The van der Waals surface area contributed by atoms with Gasteiger partial charge in [0.25, 0.3) is 0 Å². The molecule has 2 aromatic rings. The average Bonchev–Trinajstić information content (AvgIpc) is 2.84. The third kappa shape index (κ3) is 4.55. The zero-order valence-electron chi connectivity index (χ0n) is 12.6. The quantitative estimate of drug-likeness (QED) is 0.760. The van der Waals surface area contributed by atoms with E-state index in [-0.39, 0.29) is 25.9 Å². The summed E-state index contributed by atoms with van der Waals surface area (Å²) in [6.07, 6.45) is 8.30. The van der Waals surface area contributed by atoms with E-state index in [0.717, 1.165) is 12.8 Å². The number of nitrogen functional groups attached to an aromatic ring is 1. The molecule has 0 aliphatic carbocycles. The van der Waals surface area contributed by atoms with Gasteiger partial charge in [0.05, 0.1) is 18.5 Å². The second-order valence-corrected chi connectivity index (χ2v) is 5.24. The highest BCUT2D eigenvalue weighted by Crippen LogP contribution is 2.25. The molecule has 0 aliphatic heterocycles. The summed E-state index contributed by atoms with van der Waals surface area (Å²) < 4.78 is 1.92. The molecular weight excluding hydrogens is 302 g/mol. The number of nitrogens with zero attached hydrogens (tertiary/aromatic N) is 4. The molecular formula is C15H28ClN5O. The minimum Gasteiger partial charge on any atom is -0.391 e. The third-order valence-corrected chi connectivity index (χ3v) is 3.65. The number of aliphatic hydroxyl groups is 1. The number of hydrogen-bond donors (Lipinski definition) is 2. The first-order valence-electron chi connectivity index (χ1n) is 7.26. The van der Waals surface area contributed by atoms with Crippen LogP contribution in [0.2, 0.25) is 0 Å². The van der Waals surface area contributed by atoms with Crippen LogP contribution in [-0.4, -0.2) is 30.7 Å². The van der Waals surface area contributed by atoms with Crippen LogP contribution in [0.5, 0.6) is 0 Å². The molecule has 22 heavy (non-hydrogen) atoms. The molecule has 0 bridgehead atoms. The lowest BCUT2D eigenvalue weighted by atomic mass is 10.0. The van der Waals surface area contributed by atoms with Gasteiger partial charge in [-0.15, -0.1) is 12.4 Å². The molecule has 0 saturated heterocycles. The summed E-state index contributed by atoms with van der Waals surface area (Å²) >= 11 is 0. The zero-order valence-corrected chi connectivity index (χ0v) is 13.4.